The highest BCUT2D eigenvalue weighted by Crippen LogP contribution is 2.22. The molecule has 0 saturated heterocycles. The highest BCUT2D eigenvalue weighted by atomic mass is 16.2. The first-order chi connectivity index (χ1) is 11.2. The van der Waals surface area contributed by atoms with Gasteiger partial charge in [0, 0.05) is 34.9 Å². The molecular weight excluding hydrogens is 288 g/mol. The zero-order chi connectivity index (χ0) is 16.2. The van der Waals surface area contributed by atoms with E-state index in [1.54, 1.807) is 6.21 Å². The molecule has 0 aliphatic heterocycles. The average Bonchev–Trinajstić information content (AvgIpc) is 2.81. The molecular formula is C18H18N4O. The van der Waals surface area contributed by atoms with E-state index in [1.807, 2.05) is 62.5 Å². The lowest BCUT2D eigenvalue weighted by Gasteiger charge is -2.03. The van der Waals surface area contributed by atoms with Gasteiger partial charge in [0.05, 0.1) is 6.21 Å². The second kappa shape index (κ2) is 6.36. The van der Waals surface area contributed by atoms with Crippen LogP contribution < -0.4 is 10.7 Å². The zero-order valence-corrected chi connectivity index (χ0v) is 13.1. The molecule has 0 atom stereocenters. The summed E-state index contributed by atoms with van der Waals surface area (Å²) in [7, 11) is 2.02. The number of nitrogens with zero attached hydrogens (tertiary/aromatic N) is 2. The third-order valence-corrected chi connectivity index (χ3v) is 3.84. The summed E-state index contributed by atoms with van der Waals surface area (Å²) in [5.41, 5.74) is 6.45. The molecule has 0 spiro atoms. The van der Waals surface area contributed by atoms with Crippen LogP contribution >= 0.6 is 0 Å². The van der Waals surface area contributed by atoms with Gasteiger partial charge in [0.1, 0.15) is 0 Å². The van der Waals surface area contributed by atoms with Crippen LogP contribution in [0.2, 0.25) is 0 Å². The van der Waals surface area contributed by atoms with Gasteiger partial charge >= 0.3 is 6.03 Å². The van der Waals surface area contributed by atoms with Crippen LogP contribution in [0.15, 0.2) is 59.7 Å². The molecule has 0 aliphatic carbocycles. The lowest BCUT2D eigenvalue weighted by Crippen LogP contribution is -2.24. The number of benzene rings is 2. The van der Waals surface area contributed by atoms with E-state index in [9.17, 15) is 4.79 Å². The van der Waals surface area contributed by atoms with Gasteiger partial charge in [-0.3, -0.25) is 0 Å². The summed E-state index contributed by atoms with van der Waals surface area (Å²) >= 11 is 0. The van der Waals surface area contributed by atoms with E-state index < -0.39 is 0 Å². The predicted octanol–water partition coefficient (Wildman–Crippen LogP) is 3.64. The highest BCUT2D eigenvalue weighted by Gasteiger charge is 2.09. The van der Waals surface area contributed by atoms with Crippen molar-refractivity contribution in [3.63, 3.8) is 0 Å². The number of carbonyl (C=O) groups excluding carboxylic acids is 1. The molecule has 1 heterocycles. The number of aromatic nitrogens is 1. The minimum atomic E-state index is -0.370. The molecule has 116 valence electrons. The molecule has 0 unspecified atom stereocenters. The summed E-state index contributed by atoms with van der Waals surface area (Å²) in [5, 5.41) is 7.89. The van der Waals surface area contributed by atoms with E-state index in [0.717, 1.165) is 27.8 Å². The van der Waals surface area contributed by atoms with Crippen molar-refractivity contribution in [3.05, 3.63) is 65.9 Å². The molecule has 23 heavy (non-hydrogen) atoms. The molecule has 3 rings (SSSR count). The number of hydrazone groups is 1. The van der Waals surface area contributed by atoms with E-state index in [0.29, 0.717) is 0 Å². The second-order valence-electron chi connectivity index (χ2n) is 5.27. The van der Waals surface area contributed by atoms with Crippen molar-refractivity contribution in [2.45, 2.75) is 6.92 Å². The van der Waals surface area contributed by atoms with Crippen LogP contribution in [0.3, 0.4) is 0 Å². The number of aryl methyl sites for hydroxylation is 1. The van der Waals surface area contributed by atoms with Crippen LogP contribution in [0.4, 0.5) is 10.5 Å². The second-order valence-corrected chi connectivity index (χ2v) is 5.27. The number of anilines is 1. The first kappa shape index (κ1) is 14.8. The van der Waals surface area contributed by atoms with Gasteiger partial charge in [0.15, 0.2) is 0 Å². The van der Waals surface area contributed by atoms with Crippen LogP contribution in [0.5, 0.6) is 0 Å². The molecule has 0 aliphatic rings. The molecule has 0 radical (unpaired) electrons. The minimum absolute atomic E-state index is 0.370. The number of urea groups is 1. The number of rotatable bonds is 3. The van der Waals surface area contributed by atoms with Crippen molar-refractivity contribution in [2.75, 3.05) is 5.32 Å². The van der Waals surface area contributed by atoms with E-state index in [2.05, 4.69) is 26.5 Å². The first-order valence-corrected chi connectivity index (χ1v) is 7.36. The molecule has 1 aromatic heterocycles. The van der Waals surface area contributed by atoms with Crippen LogP contribution in [-0.4, -0.2) is 16.8 Å². The van der Waals surface area contributed by atoms with Gasteiger partial charge in [0.25, 0.3) is 0 Å². The van der Waals surface area contributed by atoms with Gasteiger partial charge in [-0.25, -0.2) is 10.2 Å². The fourth-order valence-corrected chi connectivity index (χ4v) is 2.55. The van der Waals surface area contributed by atoms with Gasteiger partial charge in [-0.2, -0.15) is 5.10 Å². The molecule has 5 nitrogen and oxygen atoms in total. The third kappa shape index (κ3) is 3.08. The third-order valence-electron chi connectivity index (χ3n) is 3.84. The fraction of sp³-hybridized carbons (Fsp3) is 0.111. The first-order valence-electron chi connectivity index (χ1n) is 7.36. The van der Waals surface area contributed by atoms with E-state index in [1.165, 1.54) is 0 Å². The Hall–Kier alpha value is -3.08. The van der Waals surface area contributed by atoms with Crippen molar-refractivity contribution in [2.24, 2.45) is 12.1 Å². The van der Waals surface area contributed by atoms with E-state index in [-0.39, 0.29) is 6.03 Å². The number of nitrogens with one attached hydrogen (secondary N) is 2. The van der Waals surface area contributed by atoms with Crippen molar-refractivity contribution in [1.29, 1.82) is 0 Å². The molecule has 0 fully saturated rings. The molecule has 2 aromatic carbocycles. The van der Waals surface area contributed by atoms with Crippen LogP contribution in [0, 0.1) is 6.92 Å². The van der Waals surface area contributed by atoms with Crippen molar-refractivity contribution in [1.82, 2.24) is 9.99 Å². The number of hydrogen-bond donors (Lipinski definition) is 2. The number of fused-ring (bicyclic) bond motifs is 1. The molecule has 3 aromatic rings. The number of hydrogen-bond acceptors (Lipinski definition) is 2. The molecule has 2 N–H and O–H groups in total. The standard InChI is InChI=1S/C18H18N4O/c1-13-16(15-10-6-7-11-17(15)22(13)2)12-19-21-18(23)20-14-8-4-3-5-9-14/h3-12H,1-2H3,(H2,20,21,23)/b19-12+. The normalized spacial score (nSPS) is 11.0. The maximum absolute atomic E-state index is 11.8. The maximum atomic E-state index is 11.8. The van der Waals surface area contributed by atoms with Crippen LogP contribution in [-0.2, 0) is 7.05 Å². The Morgan fingerprint density at radius 3 is 2.57 bits per heavy atom. The number of carbonyl (C=O) groups is 1. The molecule has 0 bridgehead atoms. The molecule has 2 amide bonds. The number of para-hydroxylation sites is 2. The van der Waals surface area contributed by atoms with Gasteiger partial charge < -0.3 is 9.88 Å². The summed E-state index contributed by atoms with van der Waals surface area (Å²) < 4.78 is 2.11. The summed E-state index contributed by atoms with van der Waals surface area (Å²) in [5.74, 6) is 0. The molecule has 5 heteroatoms. The maximum Gasteiger partial charge on any atom is 0.339 e. The van der Waals surface area contributed by atoms with Gasteiger partial charge in [-0.15, -0.1) is 0 Å². The van der Waals surface area contributed by atoms with Crippen molar-refractivity contribution < 1.29 is 4.79 Å². The lowest BCUT2D eigenvalue weighted by atomic mass is 10.1. The van der Waals surface area contributed by atoms with E-state index in [4.69, 9.17) is 0 Å². The quantitative estimate of drug-likeness (QED) is 0.563. The Morgan fingerprint density at radius 1 is 1.09 bits per heavy atom. The SMILES string of the molecule is Cc1c(/C=N/NC(=O)Nc2ccccc2)c2ccccc2n1C. The van der Waals surface area contributed by atoms with Gasteiger partial charge in [-0.05, 0) is 25.1 Å². The largest absolute Gasteiger partial charge is 0.347 e. The molecule has 0 saturated carbocycles. The smallest absolute Gasteiger partial charge is 0.339 e. The van der Waals surface area contributed by atoms with Gasteiger partial charge in [-0.1, -0.05) is 36.4 Å². The van der Waals surface area contributed by atoms with Crippen molar-refractivity contribution in [3.8, 4) is 0 Å². The Labute approximate surface area is 134 Å². The number of amides is 2. The average molecular weight is 306 g/mol. The minimum Gasteiger partial charge on any atom is -0.347 e. The summed E-state index contributed by atoms with van der Waals surface area (Å²) in [6.45, 7) is 2.03. The Bertz CT molecular complexity index is 865. The summed E-state index contributed by atoms with van der Waals surface area (Å²) in [4.78, 5) is 11.8. The summed E-state index contributed by atoms with van der Waals surface area (Å²) in [6, 6.07) is 17.0. The highest BCUT2D eigenvalue weighted by molar-refractivity contribution is 6.01. The summed E-state index contributed by atoms with van der Waals surface area (Å²) in [6.07, 6.45) is 1.68. The Kier molecular flexibility index (Phi) is 4.10. The Balaban J connectivity index is 1.74. The topological polar surface area (TPSA) is 58.4 Å². The van der Waals surface area contributed by atoms with E-state index >= 15 is 0 Å². The predicted molar refractivity (Wildman–Crippen MR) is 93.8 cm³/mol. The van der Waals surface area contributed by atoms with Crippen LogP contribution in [0.25, 0.3) is 10.9 Å². The fourth-order valence-electron chi connectivity index (χ4n) is 2.55. The zero-order valence-electron chi connectivity index (χ0n) is 13.1. The van der Waals surface area contributed by atoms with Gasteiger partial charge in [0.2, 0.25) is 0 Å². The van der Waals surface area contributed by atoms with Crippen LogP contribution in [0.1, 0.15) is 11.3 Å². The lowest BCUT2D eigenvalue weighted by molar-refractivity contribution is 0.252. The monoisotopic (exact) mass is 306 g/mol. The Morgan fingerprint density at radius 2 is 1.78 bits per heavy atom. The van der Waals surface area contributed by atoms with Crippen molar-refractivity contribution >= 4 is 28.8 Å².